The van der Waals surface area contributed by atoms with Crippen molar-refractivity contribution in [3.63, 3.8) is 0 Å². The second-order valence-electron chi connectivity index (χ2n) is 7.52. The van der Waals surface area contributed by atoms with Crippen molar-refractivity contribution >= 4 is 21.6 Å². The molecule has 31 heavy (non-hydrogen) atoms. The smallest absolute Gasteiger partial charge is 0.381 e. The molecule has 0 spiro atoms. The summed E-state index contributed by atoms with van der Waals surface area (Å²) < 4.78 is 77.2. The number of aliphatic hydroxyl groups is 1. The molecule has 12 heteroatoms. The van der Waals surface area contributed by atoms with Crippen LogP contribution in [-0.4, -0.2) is 35.8 Å². The van der Waals surface area contributed by atoms with Crippen molar-refractivity contribution in [2.45, 2.75) is 49.8 Å². The van der Waals surface area contributed by atoms with Crippen LogP contribution in [0, 0.1) is 12.7 Å². The molecular weight excluding hydrogens is 442 g/mol. The van der Waals surface area contributed by atoms with E-state index in [4.69, 9.17) is 5.14 Å². The van der Waals surface area contributed by atoms with E-state index in [0.717, 1.165) is 12.3 Å². The number of hydrogen-bond donors (Lipinski definition) is 3. The van der Waals surface area contributed by atoms with Crippen molar-refractivity contribution < 1.29 is 35.9 Å². The van der Waals surface area contributed by atoms with Gasteiger partial charge >= 0.3 is 6.18 Å². The first kappa shape index (κ1) is 24.8. The lowest BCUT2D eigenvalue weighted by molar-refractivity contribution is -0.255. The van der Waals surface area contributed by atoms with E-state index in [1.807, 2.05) is 0 Å². The predicted molar refractivity (Wildman–Crippen MR) is 105 cm³/mol. The SMILES string of the molecule is Cc1cc(NC(=O)c2c(CCCC(C)(O)C(F)(F)F)c(S(N)(=O)=O)cn2C)ccc1F. The summed E-state index contributed by atoms with van der Waals surface area (Å²) in [5.41, 5.74) is -2.66. The molecule has 1 atom stereocenters. The largest absolute Gasteiger partial charge is 0.416 e. The molecule has 1 heterocycles. The number of carbonyl (C=O) groups excluding carboxylic acids is 1. The Bertz CT molecular complexity index is 1090. The number of amides is 1. The van der Waals surface area contributed by atoms with E-state index in [2.05, 4.69) is 5.32 Å². The highest BCUT2D eigenvalue weighted by Gasteiger charge is 2.49. The van der Waals surface area contributed by atoms with E-state index in [1.54, 1.807) is 0 Å². The van der Waals surface area contributed by atoms with Crippen LogP contribution in [0.5, 0.6) is 0 Å². The monoisotopic (exact) mass is 465 g/mol. The second kappa shape index (κ2) is 8.60. The summed E-state index contributed by atoms with van der Waals surface area (Å²) >= 11 is 0. The number of nitrogens with two attached hydrogens (primary N) is 1. The van der Waals surface area contributed by atoms with Gasteiger partial charge < -0.3 is 15.0 Å². The maximum Gasteiger partial charge on any atom is 0.416 e. The van der Waals surface area contributed by atoms with Crippen LogP contribution in [0.25, 0.3) is 0 Å². The normalized spacial score (nSPS) is 14.4. The third kappa shape index (κ3) is 5.63. The van der Waals surface area contributed by atoms with Gasteiger partial charge in [-0.15, -0.1) is 0 Å². The fourth-order valence-corrected chi connectivity index (χ4v) is 3.94. The van der Waals surface area contributed by atoms with Gasteiger partial charge in [-0.05, 0) is 56.9 Å². The maximum absolute atomic E-state index is 13.4. The van der Waals surface area contributed by atoms with E-state index >= 15 is 0 Å². The second-order valence-corrected chi connectivity index (χ2v) is 9.05. The highest BCUT2D eigenvalue weighted by molar-refractivity contribution is 7.89. The number of halogens is 4. The number of aromatic nitrogens is 1. The molecule has 0 aliphatic carbocycles. The molecule has 1 amide bonds. The van der Waals surface area contributed by atoms with Crippen LogP contribution >= 0.6 is 0 Å². The van der Waals surface area contributed by atoms with Crippen molar-refractivity contribution in [2.75, 3.05) is 5.32 Å². The number of carbonyl (C=O) groups is 1. The molecule has 4 N–H and O–H groups in total. The van der Waals surface area contributed by atoms with Crippen LogP contribution in [0.1, 0.15) is 41.4 Å². The summed E-state index contributed by atoms with van der Waals surface area (Å²) in [5.74, 6) is -1.23. The molecule has 1 aromatic heterocycles. The van der Waals surface area contributed by atoms with Crippen LogP contribution in [0.4, 0.5) is 23.2 Å². The Hall–Kier alpha value is -2.44. The van der Waals surface area contributed by atoms with Gasteiger partial charge in [-0.25, -0.2) is 17.9 Å². The molecule has 0 saturated heterocycles. The lowest BCUT2D eigenvalue weighted by Crippen LogP contribution is -2.42. The molecule has 0 aliphatic heterocycles. The molecule has 0 fully saturated rings. The maximum atomic E-state index is 13.4. The molecule has 0 radical (unpaired) electrons. The number of sulfonamides is 1. The number of aryl methyl sites for hydroxylation is 2. The van der Waals surface area contributed by atoms with Crippen LogP contribution in [0.15, 0.2) is 29.3 Å². The molecule has 1 unspecified atom stereocenters. The summed E-state index contributed by atoms with van der Waals surface area (Å²) in [5, 5.41) is 17.3. The first-order valence-corrected chi connectivity index (χ1v) is 10.7. The Morgan fingerprint density at radius 3 is 2.42 bits per heavy atom. The molecule has 1 aromatic carbocycles. The molecule has 0 saturated carbocycles. The minimum atomic E-state index is -4.87. The number of nitrogens with zero attached hydrogens (tertiary/aromatic N) is 1. The lowest BCUT2D eigenvalue weighted by atomic mass is 9.96. The zero-order valence-corrected chi connectivity index (χ0v) is 17.9. The topological polar surface area (TPSA) is 114 Å². The summed E-state index contributed by atoms with van der Waals surface area (Å²) in [6, 6.07) is 3.83. The number of primary sulfonamides is 1. The van der Waals surface area contributed by atoms with Crippen molar-refractivity contribution in [3.8, 4) is 0 Å². The van der Waals surface area contributed by atoms with E-state index in [-0.39, 0.29) is 35.3 Å². The van der Waals surface area contributed by atoms with E-state index in [1.165, 1.54) is 30.7 Å². The predicted octanol–water partition coefficient (Wildman–Crippen LogP) is 3.01. The highest BCUT2D eigenvalue weighted by Crippen LogP contribution is 2.34. The summed E-state index contributed by atoms with van der Waals surface area (Å²) in [7, 11) is -2.90. The Morgan fingerprint density at radius 2 is 1.90 bits per heavy atom. The minimum absolute atomic E-state index is 0.0701. The van der Waals surface area contributed by atoms with E-state index in [9.17, 15) is 35.9 Å². The summed E-state index contributed by atoms with van der Waals surface area (Å²) in [6.07, 6.45) is -5.02. The van der Waals surface area contributed by atoms with Gasteiger partial charge in [-0.3, -0.25) is 4.79 Å². The van der Waals surface area contributed by atoms with Crippen molar-refractivity contribution in [2.24, 2.45) is 12.2 Å². The number of benzene rings is 1. The minimum Gasteiger partial charge on any atom is -0.381 e. The van der Waals surface area contributed by atoms with Crippen LogP contribution in [-0.2, 0) is 23.5 Å². The first-order chi connectivity index (χ1) is 14.0. The molecule has 7 nitrogen and oxygen atoms in total. The first-order valence-electron chi connectivity index (χ1n) is 9.12. The van der Waals surface area contributed by atoms with Gasteiger partial charge in [0.1, 0.15) is 16.4 Å². The number of hydrogen-bond acceptors (Lipinski definition) is 4. The van der Waals surface area contributed by atoms with Crippen molar-refractivity contribution in [3.05, 3.63) is 47.0 Å². The molecule has 0 aliphatic rings. The van der Waals surface area contributed by atoms with Crippen molar-refractivity contribution in [1.82, 2.24) is 4.57 Å². The zero-order chi connectivity index (χ0) is 23.8. The van der Waals surface area contributed by atoms with Gasteiger partial charge in [-0.2, -0.15) is 13.2 Å². The number of anilines is 1. The average molecular weight is 465 g/mol. The van der Waals surface area contributed by atoms with Gasteiger partial charge in [0.2, 0.25) is 10.0 Å². The van der Waals surface area contributed by atoms with Gasteiger partial charge in [0.15, 0.2) is 5.60 Å². The quantitative estimate of drug-likeness (QED) is 0.546. The lowest BCUT2D eigenvalue weighted by Gasteiger charge is -2.26. The Morgan fingerprint density at radius 1 is 1.29 bits per heavy atom. The molecular formula is C19H23F4N3O4S. The van der Waals surface area contributed by atoms with Gasteiger partial charge in [-0.1, -0.05) is 0 Å². The van der Waals surface area contributed by atoms with Crippen LogP contribution in [0.3, 0.4) is 0 Å². The fourth-order valence-electron chi connectivity index (χ4n) is 3.10. The average Bonchev–Trinajstić information content (AvgIpc) is 2.94. The highest BCUT2D eigenvalue weighted by atomic mass is 32.2. The standard InChI is InChI=1S/C19H23F4N3O4S/c1-11-9-12(6-7-14(11)20)25-17(27)16-13(15(10-26(16)3)31(24,29)30)5-4-8-18(2,28)19(21,22)23/h6-7,9-10,28H,4-5,8H2,1-3H3,(H,25,27)(H2,24,29,30). The molecule has 0 bridgehead atoms. The van der Waals surface area contributed by atoms with Gasteiger partial charge in [0, 0.05) is 24.5 Å². The Kier molecular flexibility index (Phi) is 6.88. The Balaban J connectivity index is 2.37. The fraction of sp³-hybridized carbons (Fsp3) is 0.421. The van der Waals surface area contributed by atoms with E-state index in [0.29, 0.717) is 6.92 Å². The van der Waals surface area contributed by atoms with Gasteiger partial charge in [0.25, 0.3) is 5.91 Å². The number of rotatable bonds is 7. The molecule has 2 aromatic rings. The zero-order valence-electron chi connectivity index (χ0n) is 17.0. The van der Waals surface area contributed by atoms with E-state index < -0.39 is 44.8 Å². The summed E-state index contributed by atoms with van der Waals surface area (Å²) in [6.45, 7) is 2.10. The third-order valence-corrected chi connectivity index (χ3v) is 5.85. The van der Waals surface area contributed by atoms with Gasteiger partial charge in [0.05, 0.1) is 0 Å². The number of nitrogens with one attached hydrogen (secondary N) is 1. The molecule has 172 valence electrons. The van der Waals surface area contributed by atoms with Crippen LogP contribution < -0.4 is 10.5 Å². The molecule has 2 rings (SSSR count). The number of alkyl halides is 3. The van der Waals surface area contributed by atoms with Crippen molar-refractivity contribution in [1.29, 1.82) is 0 Å². The Labute approximate surface area is 176 Å². The van der Waals surface area contributed by atoms with Crippen LogP contribution in [0.2, 0.25) is 0 Å². The summed E-state index contributed by atoms with van der Waals surface area (Å²) in [4.78, 5) is 12.4. The third-order valence-electron chi connectivity index (χ3n) is 4.89.